The number of aliphatic carboxylic acids is 1. The van der Waals surface area contributed by atoms with Crippen LogP contribution in [0.15, 0.2) is 0 Å². The lowest BCUT2D eigenvalue weighted by Crippen LogP contribution is -2.61. The minimum Gasteiger partial charge on any atom is -0.480 e. The first-order valence-corrected chi connectivity index (χ1v) is 7.40. The van der Waals surface area contributed by atoms with Crippen molar-refractivity contribution in [3.05, 3.63) is 0 Å². The van der Waals surface area contributed by atoms with E-state index in [0.717, 1.165) is 0 Å². The first-order chi connectivity index (χ1) is 11.4. The standard InChI is InChI=1S/C13H21N3O8/c1-23-10-9(20)7(5-17)24-12(10)16-4-6(2-14-3-8(18)19)11(21)15-13(16)22/h6-7,9-10,12,14,17,20H,2-5H2,1H3,(H,18,19)(H,15,21,22)/t6?,7-,9-,10-,12-/m1/s1. The molecule has 2 saturated heterocycles. The van der Waals surface area contributed by atoms with E-state index in [-0.39, 0.29) is 19.6 Å². The molecule has 136 valence electrons. The second-order valence-corrected chi connectivity index (χ2v) is 5.61. The van der Waals surface area contributed by atoms with Crippen LogP contribution in [0.3, 0.4) is 0 Å². The topological polar surface area (TPSA) is 158 Å². The van der Waals surface area contributed by atoms with Gasteiger partial charge in [-0.05, 0) is 0 Å². The molecule has 0 aromatic carbocycles. The maximum absolute atomic E-state index is 12.1. The van der Waals surface area contributed by atoms with Gasteiger partial charge in [-0.3, -0.25) is 19.8 Å². The molecule has 11 heteroatoms. The van der Waals surface area contributed by atoms with Crippen LogP contribution < -0.4 is 10.6 Å². The number of aliphatic hydroxyl groups is 2. The second-order valence-electron chi connectivity index (χ2n) is 5.61. The van der Waals surface area contributed by atoms with E-state index < -0.39 is 55.0 Å². The summed E-state index contributed by atoms with van der Waals surface area (Å²) in [6.45, 7) is -0.746. The van der Waals surface area contributed by atoms with Crippen LogP contribution in [0.1, 0.15) is 0 Å². The molecule has 0 aliphatic carbocycles. The molecule has 2 aliphatic heterocycles. The summed E-state index contributed by atoms with van der Waals surface area (Å²) in [4.78, 5) is 35.7. The Kier molecular flexibility index (Phi) is 6.07. The number of ether oxygens (including phenoxy) is 2. The highest BCUT2D eigenvalue weighted by molar-refractivity contribution is 5.98. The fraction of sp³-hybridized carbons (Fsp3) is 0.769. The average molecular weight is 347 g/mol. The van der Waals surface area contributed by atoms with Gasteiger partial charge in [0.1, 0.15) is 18.3 Å². The number of rotatable bonds is 7. The van der Waals surface area contributed by atoms with Crippen LogP contribution in [-0.2, 0) is 19.1 Å². The van der Waals surface area contributed by atoms with Crippen LogP contribution in [0.4, 0.5) is 4.79 Å². The fourth-order valence-corrected chi connectivity index (χ4v) is 2.79. The van der Waals surface area contributed by atoms with Gasteiger partial charge in [0.15, 0.2) is 6.23 Å². The molecular formula is C13H21N3O8. The summed E-state index contributed by atoms with van der Waals surface area (Å²) in [5.74, 6) is -2.28. The van der Waals surface area contributed by atoms with Crippen molar-refractivity contribution in [2.24, 2.45) is 5.92 Å². The Morgan fingerprint density at radius 1 is 1.50 bits per heavy atom. The second kappa shape index (κ2) is 7.85. The van der Waals surface area contributed by atoms with E-state index in [2.05, 4.69) is 10.6 Å². The molecule has 2 fully saturated rings. The summed E-state index contributed by atoms with van der Waals surface area (Å²) < 4.78 is 10.6. The lowest BCUT2D eigenvalue weighted by molar-refractivity contribution is -0.137. The van der Waals surface area contributed by atoms with Crippen molar-refractivity contribution in [1.82, 2.24) is 15.5 Å². The molecule has 0 aromatic heterocycles. The van der Waals surface area contributed by atoms with Crippen molar-refractivity contribution < 1.29 is 39.2 Å². The average Bonchev–Trinajstić information content (AvgIpc) is 2.84. The lowest BCUT2D eigenvalue weighted by atomic mass is 10.0. The van der Waals surface area contributed by atoms with E-state index in [1.165, 1.54) is 12.0 Å². The van der Waals surface area contributed by atoms with E-state index in [0.29, 0.717) is 0 Å². The zero-order chi connectivity index (χ0) is 17.9. The molecule has 24 heavy (non-hydrogen) atoms. The van der Waals surface area contributed by atoms with Gasteiger partial charge < -0.3 is 30.1 Å². The van der Waals surface area contributed by atoms with Gasteiger partial charge >= 0.3 is 12.0 Å². The smallest absolute Gasteiger partial charge is 0.326 e. The van der Waals surface area contributed by atoms with Crippen LogP contribution in [0, 0.1) is 5.92 Å². The summed E-state index contributed by atoms with van der Waals surface area (Å²) in [6, 6.07) is -0.702. The van der Waals surface area contributed by atoms with Gasteiger partial charge in [0, 0.05) is 20.2 Å². The van der Waals surface area contributed by atoms with Crippen molar-refractivity contribution in [2.45, 2.75) is 24.5 Å². The van der Waals surface area contributed by atoms with E-state index in [1.54, 1.807) is 0 Å². The predicted octanol–water partition coefficient (Wildman–Crippen LogP) is -3.08. The number of hydrogen-bond donors (Lipinski definition) is 5. The molecule has 5 atom stereocenters. The number of hydrogen-bond acceptors (Lipinski definition) is 8. The number of carbonyl (C=O) groups is 3. The van der Waals surface area contributed by atoms with Gasteiger partial charge in [-0.2, -0.15) is 0 Å². The number of aliphatic hydroxyl groups excluding tert-OH is 2. The fourth-order valence-electron chi connectivity index (χ4n) is 2.79. The highest BCUT2D eigenvalue weighted by Gasteiger charge is 2.49. The Morgan fingerprint density at radius 2 is 2.21 bits per heavy atom. The van der Waals surface area contributed by atoms with Gasteiger partial charge in [-0.25, -0.2) is 4.79 Å². The normalized spacial score (nSPS) is 33.6. The third-order valence-electron chi connectivity index (χ3n) is 4.02. The molecular weight excluding hydrogens is 326 g/mol. The van der Waals surface area contributed by atoms with Crippen molar-refractivity contribution in [3.8, 4) is 0 Å². The Hall–Kier alpha value is -1.79. The molecule has 0 aromatic rings. The number of carboxylic acids is 1. The lowest BCUT2D eigenvalue weighted by Gasteiger charge is -2.37. The number of nitrogens with zero attached hydrogens (tertiary/aromatic N) is 1. The maximum atomic E-state index is 12.1. The molecule has 0 spiro atoms. The third-order valence-corrected chi connectivity index (χ3v) is 4.02. The SMILES string of the molecule is CO[C@@H]1[C@H](O)[C@@H](CO)O[C@H]1N1CC(CNCC(=O)O)C(=O)NC1=O. The first-order valence-electron chi connectivity index (χ1n) is 7.40. The summed E-state index contributed by atoms with van der Waals surface area (Å²) in [5, 5.41) is 32.6. The van der Waals surface area contributed by atoms with E-state index in [1.807, 2.05) is 0 Å². The van der Waals surface area contributed by atoms with E-state index in [4.69, 9.17) is 14.6 Å². The number of methoxy groups -OCH3 is 1. The molecule has 2 rings (SSSR count). The Balaban J connectivity index is 2.06. The van der Waals surface area contributed by atoms with Gasteiger partial charge in [0.25, 0.3) is 0 Å². The van der Waals surface area contributed by atoms with Crippen LogP contribution >= 0.6 is 0 Å². The monoisotopic (exact) mass is 347 g/mol. The molecule has 0 saturated carbocycles. The molecule has 1 unspecified atom stereocenters. The summed E-state index contributed by atoms with van der Waals surface area (Å²) in [6.07, 6.45) is -3.89. The third kappa shape index (κ3) is 3.82. The van der Waals surface area contributed by atoms with Crippen LogP contribution in [0.5, 0.6) is 0 Å². The highest BCUT2D eigenvalue weighted by Crippen LogP contribution is 2.28. The van der Waals surface area contributed by atoms with Gasteiger partial charge in [-0.15, -0.1) is 0 Å². The highest BCUT2D eigenvalue weighted by atomic mass is 16.6. The van der Waals surface area contributed by atoms with Crippen LogP contribution in [0.2, 0.25) is 0 Å². The number of amides is 3. The van der Waals surface area contributed by atoms with E-state index >= 15 is 0 Å². The van der Waals surface area contributed by atoms with Crippen molar-refractivity contribution >= 4 is 17.9 Å². The molecule has 2 aliphatic rings. The number of urea groups is 1. The number of carboxylic acid groups (broad SMARTS) is 1. The van der Waals surface area contributed by atoms with Crippen LogP contribution in [-0.4, -0.2) is 96.0 Å². The molecule has 3 amide bonds. The summed E-state index contributed by atoms with van der Waals surface area (Å²) >= 11 is 0. The molecule has 0 radical (unpaired) electrons. The quantitative estimate of drug-likeness (QED) is 0.322. The number of nitrogens with one attached hydrogen (secondary N) is 2. The molecule has 5 N–H and O–H groups in total. The van der Waals surface area contributed by atoms with Gasteiger partial charge in [0.05, 0.1) is 19.1 Å². The maximum Gasteiger partial charge on any atom is 0.326 e. The summed E-state index contributed by atoms with van der Waals surface area (Å²) in [7, 11) is 1.34. The first kappa shape index (κ1) is 18.5. The molecule has 2 heterocycles. The van der Waals surface area contributed by atoms with Gasteiger partial charge in [0.2, 0.25) is 5.91 Å². The molecule has 11 nitrogen and oxygen atoms in total. The minimum absolute atomic E-state index is 0.0350. The zero-order valence-electron chi connectivity index (χ0n) is 13.0. The van der Waals surface area contributed by atoms with Crippen molar-refractivity contribution in [2.75, 3.05) is 33.4 Å². The number of carbonyl (C=O) groups excluding carboxylic acids is 2. The van der Waals surface area contributed by atoms with Gasteiger partial charge in [-0.1, -0.05) is 0 Å². The van der Waals surface area contributed by atoms with E-state index in [9.17, 15) is 24.6 Å². The minimum atomic E-state index is -1.13. The number of imide groups is 1. The predicted molar refractivity (Wildman–Crippen MR) is 76.8 cm³/mol. The van der Waals surface area contributed by atoms with Crippen molar-refractivity contribution in [3.63, 3.8) is 0 Å². The Morgan fingerprint density at radius 3 is 2.79 bits per heavy atom. The Labute approximate surface area is 137 Å². The molecule has 0 bridgehead atoms. The zero-order valence-corrected chi connectivity index (χ0v) is 13.0. The van der Waals surface area contributed by atoms with Crippen LogP contribution in [0.25, 0.3) is 0 Å². The Bertz CT molecular complexity index is 502. The summed E-state index contributed by atoms with van der Waals surface area (Å²) in [5.41, 5.74) is 0. The van der Waals surface area contributed by atoms with Crippen molar-refractivity contribution in [1.29, 1.82) is 0 Å². The largest absolute Gasteiger partial charge is 0.480 e.